The zero-order valence-electron chi connectivity index (χ0n) is 6.64. The summed E-state index contributed by atoms with van der Waals surface area (Å²) in [5.41, 5.74) is -0.720. The van der Waals surface area contributed by atoms with Gasteiger partial charge in [-0.25, -0.2) is 8.78 Å². The van der Waals surface area contributed by atoms with E-state index in [-0.39, 0.29) is 15.4 Å². The van der Waals surface area contributed by atoms with Gasteiger partial charge in [-0.1, -0.05) is 0 Å². The molecule has 72 valence electrons. The molecule has 0 spiro atoms. The van der Waals surface area contributed by atoms with Crippen molar-refractivity contribution in [2.24, 2.45) is 0 Å². The minimum Gasteiger partial charge on any atom is -0.343 e. The second-order valence-corrected chi connectivity index (χ2v) is 3.41. The summed E-state index contributed by atoms with van der Waals surface area (Å²) in [6.45, 7) is 0. The number of aromatic nitrogens is 2. The van der Waals surface area contributed by atoms with E-state index in [1.165, 1.54) is 0 Å². The first-order chi connectivity index (χ1) is 6.61. The molecule has 1 N–H and O–H groups in total. The molecule has 1 aromatic heterocycles. The number of aromatic amines is 1. The van der Waals surface area contributed by atoms with Crippen molar-refractivity contribution in [1.82, 2.24) is 9.97 Å². The summed E-state index contributed by atoms with van der Waals surface area (Å²) in [5, 5.41) is -0.106. The van der Waals surface area contributed by atoms with Gasteiger partial charge in [-0.3, -0.25) is 4.79 Å². The van der Waals surface area contributed by atoms with Crippen LogP contribution in [0.2, 0.25) is 0 Å². The van der Waals surface area contributed by atoms with Crippen LogP contribution < -0.4 is 5.56 Å². The Kier molecular flexibility index (Phi) is 2.07. The van der Waals surface area contributed by atoms with Gasteiger partial charge in [0.25, 0.3) is 5.56 Å². The van der Waals surface area contributed by atoms with Crippen molar-refractivity contribution < 1.29 is 8.78 Å². The SMILES string of the molecule is O=c1nc[nH]c2c(F)c(Br)c(F)cc12. The van der Waals surface area contributed by atoms with E-state index in [0.717, 1.165) is 12.4 Å². The maximum atomic E-state index is 13.4. The monoisotopic (exact) mass is 260 g/mol. The molecule has 6 heteroatoms. The summed E-state index contributed by atoms with van der Waals surface area (Å²) in [7, 11) is 0. The Balaban J connectivity index is 3.06. The Hall–Kier alpha value is -1.30. The van der Waals surface area contributed by atoms with E-state index < -0.39 is 17.2 Å². The molecule has 2 aromatic rings. The Bertz CT molecular complexity index is 567. The highest BCUT2D eigenvalue weighted by Gasteiger charge is 2.13. The first-order valence-corrected chi connectivity index (χ1v) is 4.41. The molecule has 0 atom stereocenters. The average Bonchev–Trinajstić information content (AvgIpc) is 2.17. The predicted molar refractivity (Wildman–Crippen MR) is 50.0 cm³/mol. The third-order valence-corrected chi connectivity index (χ3v) is 2.51. The standard InChI is InChI=1S/C8H3BrF2N2O/c9-5-4(10)1-3-7(6(5)11)12-2-13-8(3)14/h1-2H,(H,12,13,14). The van der Waals surface area contributed by atoms with E-state index >= 15 is 0 Å². The number of benzene rings is 1. The number of rotatable bonds is 0. The van der Waals surface area contributed by atoms with Crippen molar-refractivity contribution in [1.29, 1.82) is 0 Å². The quantitative estimate of drug-likeness (QED) is 0.737. The Morgan fingerprint density at radius 1 is 1.43 bits per heavy atom. The minimum absolute atomic E-state index is 0.0572. The van der Waals surface area contributed by atoms with Gasteiger partial charge in [0, 0.05) is 0 Å². The van der Waals surface area contributed by atoms with Gasteiger partial charge in [0.2, 0.25) is 0 Å². The maximum Gasteiger partial charge on any atom is 0.280 e. The van der Waals surface area contributed by atoms with E-state index in [2.05, 4.69) is 25.9 Å². The van der Waals surface area contributed by atoms with Gasteiger partial charge in [0.1, 0.15) is 5.82 Å². The summed E-state index contributed by atoms with van der Waals surface area (Å²) in [6.07, 6.45) is 1.07. The summed E-state index contributed by atoms with van der Waals surface area (Å²) >= 11 is 2.73. The van der Waals surface area contributed by atoms with Gasteiger partial charge in [0.05, 0.1) is 21.7 Å². The second-order valence-electron chi connectivity index (χ2n) is 2.62. The van der Waals surface area contributed by atoms with Crippen LogP contribution >= 0.6 is 15.9 Å². The number of H-pyrrole nitrogens is 1. The molecule has 1 heterocycles. The van der Waals surface area contributed by atoms with Gasteiger partial charge in [0.15, 0.2) is 5.82 Å². The molecular formula is C8H3BrF2N2O. The van der Waals surface area contributed by atoms with Crippen molar-refractivity contribution in [3.05, 3.63) is 38.9 Å². The molecule has 0 aliphatic heterocycles. The van der Waals surface area contributed by atoms with Gasteiger partial charge in [-0.15, -0.1) is 0 Å². The van der Waals surface area contributed by atoms with Crippen LogP contribution in [0.4, 0.5) is 8.78 Å². The molecule has 3 nitrogen and oxygen atoms in total. The summed E-state index contributed by atoms with van der Waals surface area (Å²) in [5.74, 6) is -1.66. The number of nitrogens with zero attached hydrogens (tertiary/aromatic N) is 1. The van der Waals surface area contributed by atoms with Gasteiger partial charge in [-0.2, -0.15) is 4.98 Å². The number of nitrogens with one attached hydrogen (secondary N) is 1. The molecule has 0 bridgehead atoms. The number of hydrogen-bond donors (Lipinski definition) is 1. The zero-order chi connectivity index (χ0) is 10.3. The van der Waals surface area contributed by atoms with Crippen LogP contribution in [-0.2, 0) is 0 Å². The van der Waals surface area contributed by atoms with Crippen molar-refractivity contribution in [3.63, 3.8) is 0 Å². The Morgan fingerprint density at radius 3 is 2.86 bits per heavy atom. The van der Waals surface area contributed by atoms with Crippen molar-refractivity contribution >= 4 is 26.8 Å². The van der Waals surface area contributed by atoms with Crippen molar-refractivity contribution in [2.45, 2.75) is 0 Å². The lowest BCUT2D eigenvalue weighted by Crippen LogP contribution is -2.08. The number of fused-ring (bicyclic) bond motifs is 1. The topological polar surface area (TPSA) is 45.8 Å². The lowest BCUT2D eigenvalue weighted by molar-refractivity contribution is 0.578. The highest BCUT2D eigenvalue weighted by Crippen LogP contribution is 2.24. The van der Waals surface area contributed by atoms with E-state index in [0.29, 0.717) is 0 Å². The first-order valence-electron chi connectivity index (χ1n) is 3.62. The molecular weight excluding hydrogens is 258 g/mol. The van der Waals surface area contributed by atoms with Crippen LogP contribution in [-0.4, -0.2) is 9.97 Å². The fourth-order valence-electron chi connectivity index (χ4n) is 1.13. The van der Waals surface area contributed by atoms with Crippen molar-refractivity contribution in [2.75, 3.05) is 0 Å². The summed E-state index contributed by atoms with van der Waals surface area (Å²) in [6, 6.07) is 0.939. The fourth-order valence-corrected chi connectivity index (χ4v) is 1.44. The van der Waals surface area contributed by atoms with Gasteiger partial charge in [-0.05, 0) is 22.0 Å². The lowest BCUT2D eigenvalue weighted by atomic mass is 10.2. The highest BCUT2D eigenvalue weighted by atomic mass is 79.9. The Labute approximate surface area is 84.9 Å². The van der Waals surface area contributed by atoms with Crippen LogP contribution in [0.3, 0.4) is 0 Å². The van der Waals surface area contributed by atoms with Crippen LogP contribution in [0.15, 0.2) is 21.7 Å². The van der Waals surface area contributed by atoms with E-state index in [1.54, 1.807) is 0 Å². The molecule has 0 unspecified atom stereocenters. The molecule has 1 aromatic carbocycles. The molecule has 0 aliphatic carbocycles. The first kappa shape index (κ1) is 9.26. The van der Waals surface area contributed by atoms with Crippen LogP contribution in [0.25, 0.3) is 10.9 Å². The molecule has 0 saturated heterocycles. The highest BCUT2D eigenvalue weighted by molar-refractivity contribution is 9.10. The molecule has 0 aliphatic rings. The molecule has 14 heavy (non-hydrogen) atoms. The second kappa shape index (κ2) is 3.13. The molecule has 0 saturated carbocycles. The predicted octanol–water partition coefficient (Wildman–Crippen LogP) is 1.96. The van der Waals surface area contributed by atoms with Gasteiger partial charge >= 0.3 is 0 Å². The minimum atomic E-state index is -0.834. The van der Waals surface area contributed by atoms with E-state index in [1.807, 2.05) is 0 Å². The normalized spacial score (nSPS) is 10.8. The van der Waals surface area contributed by atoms with Crippen molar-refractivity contribution in [3.8, 4) is 0 Å². The summed E-state index contributed by atoms with van der Waals surface area (Å²) < 4.78 is 26.1. The smallest absolute Gasteiger partial charge is 0.280 e. The number of hydrogen-bond acceptors (Lipinski definition) is 2. The molecule has 0 radical (unpaired) electrons. The molecule has 0 amide bonds. The molecule has 2 rings (SSSR count). The van der Waals surface area contributed by atoms with E-state index in [4.69, 9.17) is 0 Å². The van der Waals surface area contributed by atoms with E-state index in [9.17, 15) is 13.6 Å². The van der Waals surface area contributed by atoms with Crippen LogP contribution in [0.1, 0.15) is 0 Å². The number of halogens is 3. The molecule has 0 fully saturated rings. The largest absolute Gasteiger partial charge is 0.343 e. The van der Waals surface area contributed by atoms with Crippen LogP contribution in [0, 0.1) is 11.6 Å². The summed E-state index contributed by atoms with van der Waals surface area (Å²) in [4.78, 5) is 16.9. The zero-order valence-corrected chi connectivity index (χ0v) is 8.23. The third kappa shape index (κ3) is 1.22. The maximum absolute atomic E-state index is 13.4. The average molecular weight is 261 g/mol. The van der Waals surface area contributed by atoms with Crippen LogP contribution in [0.5, 0.6) is 0 Å². The fraction of sp³-hybridized carbons (Fsp3) is 0. The lowest BCUT2D eigenvalue weighted by Gasteiger charge is -2.01. The Morgan fingerprint density at radius 2 is 2.14 bits per heavy atom. The van der Waals surface area contributed by atoms with Gasteiger partial charge < -0.3 is 4.98 Å². The third-order valence-electron chi connectivity index (χ3n) is 1.78.